The zero-order valence-corrected chi connectivity index (χ0v) is 9.09. The molecule has 1 spiro atoms. The maximum atomic E-state index is 6.20. The first-order valence-corrected chi connectivity index (χ1v) is 6.52. The molecule has 0 amide bonds. The molecule has 80 valence electrons. The normalized spacial score (nSPS) is 45.6. The summed E-state index contributed by atoms with van der Waals surface area (Å²) in [6.07, 6.45) is 3.69. The van der Waals surface area contributed by atoms with Crippen LogP contribution in [0.1, 0.15) is 19.3 Å². The van der Waals surface area contributed by atoms with Crippen molar-refractivity contribution in [2.75, 3.05) is 19.0 Å². The molecule has 2 aliphatic heterocycles. The van der Waals surface area contributed by atoms with Gasteiger partial charge >= 0.3 is 0 Å². The third-order valence-corrected chi connectivity index (χ3v) is 5.20. The zero-order chi connectivity index (χ0) is 9.60. The summed E-state index contributed by atoms with van der Waals surface area (Å²) in [6.45, 7) is 1.49. The predicted octanol–water partition coefficient (Wildman–Crippen LogP) is 0.972. The molecule has 3 aliphatic rings. The summed E-state index contributed by atoms with van der Waals surface area (Å²) in [4.78, 5) is 0. The molecule has 2 heterocycles. The van der Waals surface area contributed by atoms with Crippen LogP contribution in [0.5, 0.6) is 0 Å². The molecule has 0 unspecified atom stereocenters. The quantitative estimate of drug-likeness (QED) is 0.654. The van der Waals surface area contributed by atoms with Gasteiger partial charge in [-0.15, -0.1) is 0 Å². The van der Waals surface area contributed by atoms with Gasteiger partial charge in [-0.1, -0.05) is 6.42 Å². The number of nitrogens with two attached hydrogens (primary N) is 1. The van der Waals surface area contributed by atoms with E-state index in [0.29, 0.717) is 11.2 Å². The van der Waals surface area contributed by atoms with E-state index in [1.54, 1.807) is 0 Å². The molecule has 3 nitrogen and oxygen atoms in total. The monoisotopic (exact) mass is 215 g/mol. The summed E-state index contributed by atoms with van der Waals surface area (Å²) < 4.78 is 11.6. The Morgan fingerprint density at radius 3 is 2.79 bits per heavy atom. The molecule has 0 bridgehead atoms. The van der Waals surface area contributed by atoms with Gasteiger partial charge in [-0.2, -0.15) is 11.8 Å². The Morgan fingerprint density at radius 1 is 1.21 bits per heavy atom. The van der Waals surface area contributed by atoms with Gasteiger partial charge in [0, 0.05) is 23.0 Å². The largest absolute Gasteiger partial charge is 0.346 e. The Hall–Kier alpha value is 0.230. The highest BCUT2D eigenvalue weighted by molar-refractivity contribution is 8.00. The Morgan fingerprint density at radius 2 is 2.00 bits per heavy atom. The standard InChI is InChI=1S/C10H17NO2S/c11-7-2-1-3-8-9(7)10(6-14-8)12-4-5-13-10/h7-9H,1-6,11H2/t7-,8+,9-/m1/s1. The molecule has 0 aromatic heterocycles. The molecule has 0 aromatic rings. The van der Waals surface area contributed by atoms with E-state index in [1.165, 1.54) is 12.8 Å². The Labute approximate surface area is 88.7 Å². The lowest BCUT2D eigenvalue weighted by molar-refractivity contribution is -0.179. The molecule has 0 radical (unpaired) electrons. The fourth-order valence-corrected chi connectivity index (χ4v) is 4.81. The average Bonchev–Trinajstić information content (AvgIpc) is 2.77. The van der Waals surface area contributed by atoms with Gasteiger partial charge in [-0.05, 0) is 12.8 Å². The third kappa shape index (κ3) is 1.24. The maximum Gasteiger partial charge on any atom is 0.182 e. The molecule has 1 saturated carbocycles. The highest BCUT2D eigenvalue weighted by atomic mass is 32.2. The second-order valence-electron chi connectivity index (χ2n) is 4.48. The van der Waals surface area contributed by atoms with Crippen molar-refractivity contribution in [2.24, 2.45) is 11.7 Å². The highest BCUT2D eigenvalue weighted by Gasteiger charge is 2.56. The van der Waals surface area contributed by atoms with Crippen LogP contribution < -0.4 is 5.73 Å². The number of fused-ring (bicyclic) bond motifs is 2. The van der Waals surface area contributed by atoms with Crippen LogP contribution in [-0.2, 0) is 9.47 Å². The molecule has 3 rings (SSSR count). The van der Waals surface area contributed by atoms with Crippen molar-refractivity contribution in [2.45, 2.75) is 36.3 Å². The minimum absolute atomic E-state index is 0.279. The van der Waals surface area contributed by atoms with Crippen LogP contribution in [0.15, 0.2) is 0 Å². The fourth-order valence-electron chi connectivity index (χ4n) is 3.05. The van der Waals surface area contributed by atoms with E-state index in [4.69, 9.17) is 15.2 Å². The number of ether oxygens (including phenoxy) is 2. The summed E-state index contributed by atoms with van der Waals surface area (Å²) in [5.74, 6) is 1.11. The predicted molar refractivity (Wildman–Crippen MR) is 56.2 cm³/mol. The van der Waals surface area contributed by atoms with E-state index in [9.17, 15) is 0 Å². The SMILES string of the molecule is N[C@@H]1CCC[C@@H]2SCC3(OCCO3)[C@H]12. The maximum absolute atomic E-state index is 6.20. The molecule has 0 aromatic carbocycles. The van der Waals surface area contributed by atoms with Crippen molar-refractivity contribution in [1.82, 2.24) is 0 Å². The van der Waals surface area contributed by atoms with Gasteiger partial charge in [-0.3, -0.25) is 0 Å². The minimum atomic E-state index is -0.310. The van der Waals surface area contributed by atoms with E-state index in [0.717, 1.165) is 25.4 Å². The van der Waals surface area contributed by atoms with E-state index in [1.807, 2.05) is 11.8 Å². The molecule has 2 saturated heterocycles. The molecular formula is C10H17NO2S. The van der Waals surface area contributed by atoms with Crippen LogP contribution in [0.25, 0.3) is 0 Å². The average molecular weight is 215 g/mol. The summed E-state index contributed by atoms with van der Waals surface area (Å²) >= 11 is 2.00. The van der Waals surface area contributed by atoms with Crippen molar-refractivity contribution in [3.8, 4) is 0 Å². The summed E-state index contributed by atoms with van der Waals surface area (Å²) in [6, 6.07) is 0.279. The Kier molecular flexibility index (Phi) is 2.28. The van der Waals surface area contributed by atoms with Gasteiger partial charge in [0.2, 0.25) is 0 Å². The van der Waals surface area contributed by atoms with Crippen LogP contribution in [-0.4, -0.2) is 36.0 Å². The number of thioether (sulfide) groups is 1. The zero-order valence-electron chi connectivity index (χ0n) is 8.28. The fraction of sp³-hybridized carbons (Fsp3) is 1.00. The van der Waals surface area contributed by atoms with Gasteiger partial charge < -0.3 is 15.2 Å². The summed E-state index contributed by atoms with van der Waals surface area (Å²) in [5, 5.41) is 0.678. The molecule has 1 aliphatic carbocycles. The Balaban J connectivity index is 1.86. The van der Waals surface area contributed by atoms with Crippen molar-refractivity contribution in [1.29, 1.82) is 0 Å². The van der Waals surface area contributed by atoms with E-state index < -0.39 is 0 Å². The first-order chi connectivity index (χ1) is 6.82. The molecule has 4 heteroatoms. The van der Waals surface area contributed by atoms with Crippen LogP contribution in [0.2, 0.25) is 0 Å². The van der Waals surface area contributed by atoms with Crippen molar-refractivity contribution in [3.05, 3.63) is 0 Å². The van der Waals surface area contributed by atoms with Crippen molar-refractivity contribution in [3.63, 3.8) is 0 Å². The second kappa shape index (κ2) is 3.37. The smallest absolute Gasteiger partial charge is 0.182 e. The third-order valence-electron chi connectivity index (χ3n) is 3.67. The minimum Gasteiger partial charge on any atom is -0.346 e. The van der Waals surface area contributed by atoms with Gasteiger partial charge in [0.25, 0.3) is 0 Å². The first-order valence-electron chi connectivity index (χ1n) is 5.47. The van der Waals surface area contributed by atoms with Gasteiger partial charge in [0.1, 0.15) is 0 Å². The van der Waals surface area contributed by atoms with Gasteiger partial charge in [0.05, 0.1) is 13.2 Å². The lowest BCUT2D eigenvalue weighted by Crippen LogP contribution is -2.51. The molecule has 3 atom stereocenters. The van der Waals surface area contributed by atoms with E-state index >= 15 is 0 Å². The Bertz CT molecular complexity index is 230. The second-order valence-corrected chi connectivity index (χ2v) is 5.71. The van der Waals surface area contributed by atoms with Gasteiger partial charge in [-0.25, -0.2) is 0 Å². The lowest BCUT2D eigenvalue weighted by atomic mass is 9.80. The van der Waals surface area contributed by atoms with Gasteiger partial charge in [0.15, 0.2) is 5.79 Å². The number of hydrogen-bond donors (Lipinski definition) is 1. The molecule has 14 heavy (non-hydrogen) atoms. The van der Waals surface area contributed by atoms with Crippen LogP contribution in [0, 0.1) is 5.92 Å². The van der Waals surface area contributed by atoms with Crippen molar-refractivity contribution >= 4 is 11.8 Å². The molecular weight excluding hydrogens is 198 g/mol. The molecule has 2 N–H and O–H groups in total. The van der Waals surface area contributed by atoms with Crippen molar-refractivity contribution < 1.29 is 9.47 Å². The highest BCUT2D eigenvalue weighted by Crippen LogP contribution is 2.50. The van der Waals surface area contributed by atoms with E-state index in [-0.39, 0.29) is 11.8 Å². The number of hydrogen-bond acceptors (Lipinski definition) is 4. The molecule has 3 fully saturated rings. The number of rotatable bonds is 0. The van der Waals surface area contributed by atoms with Crippen LogP contribution in [0.3, 0.4) is 0 Å². The summed E-state index contributed by atoms with van der Waals surface area (Å²) in [5.41, 5.74) is 6.20. The lowest BCUT2D eigenvalue weighted by Gasteiger charge is -2.38. The first kappa shape index (κ1) is 9.46. The van der Waals surface area contributed by atoms with Crippen LogP contribution in [0.4, 0.5) is 0 Å². The van der Waals surface area contributed by atoms with Crippen LogP contribution >= 0.6 is 11.8 Å². The topological polar surface area (TPSA) is 44.5 Å². The van der Waals surface area contributed by atoms with E-state index in [2.05, 4.69) is 0 Å². The summed E-state index contributed by atoms with van der Waals surface area (Å²) in [7, 11) is 0.